The Hall–Kier alpha value is -1.79. The number of thiazole rings is 1. The molecule has 1 aliphatic heterocycles. The minimum Gasteiger partial charge on any atom is -0.301 e. The van der Waals surface area contributed by atoms with E-state index in [2.05, 4.69) is 32.3 Å². The van der Waals surface area contributed by atoms with Crippen molar-refractivity contribution in [2.24, 2.45) is 0 Å². The van der Waals surface area contributed by atoms with Crippen LogP contribution in [0.1, 0.15) is 24.3 Å². The molecule has 2 aromatic rings. The molecule has 3 heterocycles. The van der Waals surface area contributed by atoms with Gasteiger partial charge in [-0.2, -0.15) is 0 Å². The number of amides is 1. The van der Waals surface area contributed by atoms with E-state index in [4.69, 9.17) is 0 Å². The molecule has 0 radical (unpaired) electrons. The molecule has 0 aliphatic carbocycles. The van der Waals surface area contributed by atoms with Crippen LogP contribution in [0.25, 0.3) is 0 Å². The van der Waals surface area contributed by atoms with Crippen LogP contribution in [-0.2, 0) is 4.79 Å². The van der Waals surface area contributed by atoms with E-state index in [1.165, 1.54) is 16.9 Å². The van der Waals surface area contributed by atoms with Crippen LogP contribution in [0.5, 0.6) is 0 Å². The smallest absolute Gasteiger partial charge is 0.240 e. The summed E-state index contributed by atoms with van der Waals surface area (Å²) in [6.07, 6.45) is 7.58. The molecule has 110 valence electrons. The van der Waals surface area contributed by atoms with Gasteiger partial charge >= 0.3 is 0 Å². The molecule has 3 rings (SSSR count). The lowest BCUT2D eigenvalue weighted by molar-refractivity contribution is -0.117. The first-order valence-corrected chi connectivity index (χ1v) is 8.01. The van der Waals surface area contributed by atoms with Crippen molar-refractivity contribution in [3.8, 4) is 0 Å². The molecule has 6 heteroatoms. The minimum absolute atomic E-state index is 0.0207. The van der Waals surface area contributed by atoms with E-state index in [9.17, 15) is 4.79 Å². The molecular weight excluding hydrogens is 284 g/mol. The van der Waals surface area contributed by atoms with Crippen LogP contribution >= 0.6 is 11.3 Å². The average molecular weight is 302 g/mol. The van der Waals surface area contributed by atoms with Crippen molar-refractivity contribution < 1.29 is 4.79 Å². The van der Waals surface area contributed by atoms with E-state index in [1.807, 2.05) is 17.8 Å². The third-order valence-corrected chi connectivity index (χ3v) is 4.50. The second kappa shape index (κ2) is 6.78. The number of carbonyl (C=O) groups is 1. The molecule has 1 fully saturated rings. The molecule has 0 unspecified atom stereocenters. The van der Waals surface area contributed by atoms with Gasteiger partial charge in [0, 0.05) is 24.0 Å². The average Bonchev–Trinajstić information content (AvgIpc) is 3.02. The normalized spacial score (nSPS) is 16.8. The first kappa shape index (κ1) is 14.2. The number of likely N-dealkylation sites (tertiary alicyclic amines) is 1. The lowest BCUT2D eigenvalue weighted by Gasteiger charge is -2.31. The molecule has 5 nitrogen and oxygen atoms in total. The van der Waals surface area contributed by atoms with Crippen LogP contribution in [0, 0.1) is 0 Å². The van der Waals surface area contributed by atoms with E-state index < -0.39 is 0 Å². The summed E-state index contributed by atoms with van der Waals surface area (Å²) in [5, 5.41) is 5.36. The molecule has 21 heavy (non-hydrogen) atoms. The molecule has 1 saturated heterocycles. The highest BCUT2D eigenvalue weighted by Gasteiger charge is 2.22. The number of nitrogens with one attached hydrogen (secondary N) is 1. The number of rotatable bonds is 4. The van der Waals surface area contributed by atoms with Crippen LogP contribution in [0.3, 0.4) is 0 Å². The predicted octanol–water partition coefficient (Wildman–Crippen LogP) is 2.36. The Morgan fingerprint density at radius 2 is 2.05 bits per heavy atom. The van der Waals surface area contributed by atoms with Crippen LogP contribution in [-0.4, -0.2) is 40.4 Å². The van der Waals surface area contributed by atoms with E-state index >= 15 is 0 Å². The van der Waals surface area contributed by atoms with Gasteiger partial charge in [0.2, 0.25) is 5.91 Å². The summed E-state index contributed by atoms with van der Waals surface area (Å²) >= 11 is 1.44. The van der Waals surface area contributed by atoms with Crippen LogP contribution < -0.4 is 5.32 Å². The van der Waals surface area contributed by atoms with Crippen molar-refractivity contribution in [2.75, 3.05) is 25.0 Å². The molecule has 1 aliphatic rings. The SMILES string of the molecule is O=C(CN1CCC(c2ccncc2)CC1)Nc1nccs1. The van der Waals surface area contributed by atoms with E-state index in [1.54, 1.807) is 6.20 Å². The van der Waals surface area contributed by atoms with E-state index in [-0.39, 0.29) is 5.91 Å². The zero-order valence-electron chi connectivity index (χ0n) is 11.7. The second-order valence-corrected chi connectivity index (χ2v) is 6.11. The molecule has 0 aromatic carbocycles. The Labute approximate surface area is 128 Å². The predicted molar refractivity (Wildman–Crippen MR) is 83.4 cm³/mol. The third-order valence-electron chi connectivity index (χ3n) is 3.81. The number of nitrogens with zero attached hydrogens (tertiary/aromatic N) is 3. The highest BCUT2D eigenvalue weighted by atomic mass is 32.1. The first-order chi connectivity index (χ1) is 10.3. The summed E-state index contributed by atoms with van der Waals surface area (Å²) in [6, 6.07) is 4.19. The van der Waals surface area contributed by atoms with Crippen molar-refractivity contribution >= 4 is 22.4 Å². The Balaban J connectivity index is 1.46. The highest BCUT2D eigenvalue weighted by molar-refractivity contribution is 7.13. The van der Waals surface area contributed by atoms with Crippen molar-refractivity contribution in [1.29, 1.82) is 0 Å². The van der Waals surface area contributed by atoms with E-state index in [0.717, 1.165) is 25.9 Å². The lowest BCUT2D eigenvalue weighted by atomic mass is 9.90. The molecule has 0 atom stereocenters. The van der Waals surface area contributed by atoms with Gasteiger partial charge in [0.1, 0.15) is 0 Å². The summed E-state index contributed by atoms with van der Waals surface area (Å²) in [4.78, 5) is 22.3. The molecule has 0 saturated carbocycles. The number of hydrogen-bond acceptors (Lipinski definition) is 5. The topological polar surface area (TPSA) is 58.1 Å². The minimum atomic E-state index is 0.0207. The largest absolute Gasteiger partial charge is 0.301 e. The van der Waals surface area contributed by atoms with Gasteiger partial charge in [0.15, 0.2) is 5.13 Å². The number of pyridine rings is 1. The third kappa shape index (κ3) is 3.86. The van der Waals surface area contributed by atoms with Gasteiger partial charge in [-0.25, -0.2) is 4.98 Å². The van der Waals surface area contributed by atoms with Gasteiger partial charge in [0.05, 0.1) is 6.54 Å². The van der Waals surface area contributed by atoms with Crippen LogP contribution in [0.4, 0.5) is 5.13 Å². The number of carbonyl (C=O) groups excluding carboxylic acids is 1. The maximum Gasteiger partial charge on any atom is 0.240 e. The van der Waals surface area contributed by atoms with Gasteiger partial charge in [-0.3, -0.25) is 14.7 Å². The molecule has 1 amide bonds. The maximum absolute atomic E-state index is 11.9. The Kier molecular flexibility index (Phi) is 4.57. The molecule has 0 spiro atoms. The lowest BCUT2D eigenvalue weighted by Crippen LogP contribution is -2.38. The second-order valence-electron chi connectivity index (χ2n) is 5.22. The monoisotopic (exact) mass is 302 g/mol. The van der Waals surface area contributed by atoms with Crippen molar-refractivity contribution in [3.05, 3.63) is 41.7 Å². The van der Waals surface area contributed by atoms with Gasteiger partial charge in [-0.1, -0.05) is 0 Å². The van der Waals surface area contributed by atoms with Gasteiger partial charge in [-0.15, -0.1) is 11.3 Å². The molecule has 1 N–H and O–H groups in total. The number of hydrogen-bond donors (Lipinski definition) is 1. The maximum atomic E-state index is 11.9. The number of anilines is 1. The fourth-order valence-electron chi connectivity index (χ4n) is 2.71. The summed E-state index contributed by atoms with van der Waals surface area (Å²) < 4.78 is 0. The summed E-state index contributed by atoms with van der Waals surface area (Å²) in [6.45, 7) is 2.36. The fourth-order valence-corrected chi connectivity index (χ4v) is 3.25. The van der Waals surface area contributed by atoms with Crippen molar-refractivity contribution in [2.45, 2.75) is 18.8 Å². The Morgan fingerprint density at radius 3 is 2.71 bits per heavy atom. The summed E-state index contributed by atoms with van der Waals surface area (Å²) in [5.41, 5.74) is 1.36. The van der Waals surface area contributed by atoms with Crippen LogP contribution in [0.2, 0.25) is 0 Å². The molecule has 2 aromatic heterocycles. The molecular formula is C15H18N4OS. The fraction of sp³-hybridized carbons (Fsp3) is 0.400. The quantitative estimate of drug-likeness (QED) is 0.942. The Morgan fingerprint density at radius 1 is 1.29 bits per heavy atom. The Bertz CT molecular complexity index is 565. The van der Waals surface area contributed by atoms with Gasteiger partial charge in [-0.05, 0) is 49.5 Å². The number of piperidine rings is 1. The van der Waals surface area contributed by atoms with Gasteiger partial charge in [0.25, 0.3) is 0 Å². The zero-order valence-corrected chi connectivity index (χ0v) is 12.6. The van der Waals surface area contributed by atoms with Crippen LogP contribution in [0.15, 0.2) is 36.1 Å². The molecule has 0 bridgehead atoms. The first-order valence-electron chi connectivity index (χ1n) is 7.13. The zero-order chi connectivity index (χ0) is 14.5. The highest BCUT2D eigenvalue weighted by Crippen LogP contribution is 2.27. The summed E-state index contributed by atoms with van der Waals surface area (Å²) in [7, 11) is 0. The number of aromatic nitrogens is 2. The van der Waals surface area contributed by atoms with Crippen molar-refractivity contribution in [1.82, 2.24) is 14.9 Å². The van der Waals surface area contributed by atoms with Crippen molar-refractivity contribution in [3.63, 3.8) is 0 Å². The standard InChI is InChI=1S/C15H18N4OS/c20-14(18-15-17-7-10-21-15)11-19-8-3-13(4-9-19)12-1-5-16-6-2-12/h1-2,5-7,10,13H,3-4,8-9,11H2,(H,17,18,20). The van der Waals surface area contributed by atoms with Gasteiger partial charge < -0.3 is 5.32 Å². The van der Waals surface area contributed by atoms with E-state index in [0.29, 0.717) is 17.6 Å². The summed E-state index contributed by atoms with van der Waals surface area (Å²) in [5.74, 6) is 0.610.